The van der Waals surface area contributed by atoms with E-state index in [0.29, 0.717) is 12.0 Å². The van der Waals surface area contributed by atoms with E-state index < -0.39 is 0 Å². The average Bonchev–Trinajstić information content (AvgIpc) is 2.29. The lowest BCUT2D eigenvalue weighted by atomic mass is 10.0. The Bertz CT molecular complexity index is 302. The number of likely N-dealkylation sites (N-methyl/N-ethyl adjacent to an activating group) is 1. The van der Waals surface area contributed by atoms with Crippen LogP contribution in [0.15, 0.2) is 18.6 Å². The lowest BCUT2D eigenvalue weighted by Gasteiger charge is -2.29. The van der Waals surface area contributed by atoms with Crippen molar-refractivity contribution in [2.45, 2.75) is 32.9 Å². The maximum atomic E-state index is 4.31. The number of hydrogen-bond acceptors (Lipinski definition) is 4. The quantitative estimate of drug-likeness (QED) is 0.816. The summed E-state index contributed by atoms with van der Waals surface area (Å²) in [6.45, 7) is 7.58. The molecule has 1 aromatic heterocycles. The van der Waals surface area contributed by atoms with E-state index in [1.54, 1.807) is 12.4 Å². The number of nitrogens with zero attached hydrogens (tertiary/aromatic N) is 3. The van der Waals surface area contributed by atoms with Crippen molar-refractivity contribution < 1.29 is 0 Å². The first-order valence-corrected chi connectivity index (χ1v) is 6.18. The summed E-state index contributed by atoms with van der Waals surface area (Å²) in [6, 6.07) is 0.777. The van der Waals surface area contributed by atoms with Gasteiger partial charge in [-0.25, -0.2) is 0 Å². The van der Waals surface area contributed by atoms with Crippen molar-refractivity contribution in [1.29, 1.82) is 0 Å². The largest absolute Gasteiger partial charge is 0.307 e. The van der Waals surface area contributed by atoms with E-state index in [4.69, 9.17) is 0 Å². The van der Waals surface area contributed by atoms with Gasteiger partial charge in [-0.05, 0) is 26.9 Å². The van der Waals surface area contributed by atoms with Gasteiger partial charge in [0.15, 0.2) is 0 Å². The first-order valence-electron chi connectivity index (χ1n) is 6.18. The summed E-state index contributed by atoms with van der Waals surface area (Å²) in [7, 11) is 4.25. The Balaban J connectivity index is 2.50. The predicted octanol–water partition coefficient (Wildman–Crippen LogP) is 1.71. The van der Waals surface area contributed by atoms with E-state index in [2.05, 4.69) is 55.1 Å². The van der Waals surface area contributed by atoms with Crippen molar-refractivity contribution in [2.24, 2.45) is 5.92 Å². The zero-order valence-electron chi connectivity index (χ0n) is 11.5. The fourth-order valence-electron chi connectivity index (χ4n) is 1.95. The Hall–Kier alpha value is -1.00. The molecular weight excluding hydrogens is 212 g/mol. The molecule has 0 aromatic carbocycles. The highest BCUT2D eigenvalue weighted by Gasteiger charge is 2.17. The van der Waals surface area contributed by atoms with Gasteiger partial charge < -0.3 is 10.2 Å². The topological polar surface area (TPSA) is 41.0 Å². The molecule has 0 aliphatic rings. The van der Waals surface area contributed by atoms with Gasteiger partial charge >= 0.3 is 0 Å². The van der Waals surface area contributed by atoms with E-state index in [1.165, 1.54) is 0 Å². The molecule has 2 unspecified atom stereocenters. The summed E-state index contributed by atoms with van der Waals surface area (Å²) in [4.78, 5) is 10.7. The Labute approximate surface area is 104 Å². The van der Waals surface area contributed by atoms with Crippen LogP contribution in [-0.4, -0.2) is 41.5 Å². The highest BCUT2D eigenvalue weighted by Crippen LogP contribution is 2.10. The predicted molar refractivity (Wildman–Crippen MR) is 70.8 cm³/mol. The van der Waals surface area contributed by atoms with Crippen molar-refractivity contribution >= 4 is 0 Å². The molecule has 0 fully saturated rings. The van der Waals surface area contributed by atoms with Crippen LogP contribution in [0.25, 0.3) is 0 Å². The van der Waals surface area contributed by atoms with Crippen LogP contribution in [0, 0.1) is 5.92 Å². The molecule has 0 radical (unpaired) electrons. The second kappa shape index (κ2) is 6.67. The molecule has 2 atom stereocenters. The Morgan fingerprint density at radius 2 is 1.94 bits per heavy atom. The van der Waals surface area contributed by atoms with Gasteiger partial charge in [0.1, 0.15) is 0 Å². The van der Waals surface area contributed by atoms with Gasteiger partial charge in [-0.1, -0.05) is 13.8 Å². The van der Waals surface area contributed by atoms with Crippen LogP contribution in [0.5, 0.6) is 0 Å². The van der Waals surface area contributed by atoms with Crippen LogP contribution >= 0.6 is 0 Å². The maximum Gasteiger partial charge on any atom is 0.0753 e. The van der Waals surface area contributed by atoms with Gasteiger partial charge in [-0.2, -0.15) is 0 Å². The molecular formula is C13H24N4. The molecule has 0 saturated heterocycles. The molecule has 0 bridgehead atoms. The summed E-state index contributed by atoms with van der Waals surface area (Å²) in [5.74, 6) is 0.631. The molecule has 0 amide bonds. The zero-order valence-corrected chi connectivity index (χ0v) is 11.5. The molecule has 1 aromatic rings. The minimum atomic E-state index is 0.241. The molecule has 0 saturated carbocycles. The number of rotatable bonds is 6. The Kier molecular flexibility index (Phi) is 5.51. The van der Waals surface area contributed by atoms with Crippen LogP contribution in [0.4, 0.5) is 0 Å². The third kappa shape index (κ3) is 4.40. The molecule has 4 nitrogen and oxygen atoms in total. The molecule has 96 valence electrons. The average molecular weight is 236 g/mol. The fraction of sp³-hybridized carbons (Fsp3) is 0.692. The minimum absolute atomic E-state index is 0.241. The molecule has 1 rings (SSSR count). The molecule has 0 spiro atoms. The van der Waals surface area contributed by atoms with Crippen molar-refractivity contribution in [3.05, 3.63) is 24.3 Å². The number of nitrogens with one attached hydrogen (secondary N) is 1. The number of hydrogen-bond donors (Lipinski definition) is 1. The van der Waals surface area contributed by atoms with E-state index in [1.807, 2.05) is 6.20 Å². The standard InChI is InChI=1S/C13H24N4/c1-10(2)13(17(4)5)9-16-11(3)12-8-14-6-7-15-12/h6-8,10-11,13,16H,9H2,1-5H3. The van der Waals surface area contributed by atoms with E-state index in [-0.39, 0.29) is 6.04 Å². The summed E-state index contributed by atoms with van der Waals surface area (Å²) in [5, 5.41) is 3.52. The molecule has 0 aliphatic carbocycles. The highest BCUT2D eigenvalue weighted by atomic mass is 15.1. The van der Waals surface area contributed by atoms with Crippen LogP contribution in [0.2, 0.25) is 0 Å². The van der Waals surface area contributed by atoms with Crippen molar-refractivity contribution in [1.82, 2.24) is 20.2 Å². The summed E-state index contributed by atoms with van der Waals surface area (Å²) in [6.07, 6.45) is 5.25. The summed E-state index contributed by atoms with van der Waals surface area (Å²) < 4.78 is 0. The third-order valence-corrected chi connectivity index (χ3v) is 3.09. The lowest BCUT2D eigenvalue weighted by molar-refractivity contribution is 0.219. The first kappa shape index (κ1) is 14.1. The first-order chi connectivity index (χ1) is 8.02. The van der Waals surface area contributed by atoms with E-state index >= 15 is 0 Å². The smallest absolute Gasteiger partial charge is 0.0753 e. The van der Waals surface area contributed by atoms with Crippen LogP contribution in [0.1, 0.15) is 32.5 Å². The summed E-state index contributed by atoms with van der Waals surface area (Å²) >= 11 is 0. The number of aromatic nitrogens is 2. The molecule has 4 heteroatoms. The second-order valence-electron chi connectivity index (χ2n) is 5.04. The van der Waals surface area contributed by atoms with Crippen LogP contribution < -0.4 is 5.32 Å². The molecule has 0 aliphatic heterocycles. The molecule has 17 heavy (non-hydrogen) atoms. The summed E-state index contributed by atoms with van der Waals surface area (Å²) in [5.41, 5.74) is 0.994. The van der Waals surface area contributed by atoms with Crippen LogP contribution in [0.3, 0.4) is 0 Å². The second-order valence-corrected chi connectivity index (χ2v) is 5.04. The van der Waals surface area contributed by atoms with Gasteiger partial charge in [0.2, 0.25) is 0 Å². The monoisotopic (exact) mass is 236 g/mol. The van der Waals surface area contributed by atoms with Gasteiger partial charge in [0, 0.05) is 37.2 Å². The highest BCUT2D eigenvalue weighted by molar-refractivity contribution is 5.00. The molecule has 1 N–H and O–H groups in total. The van der Waals surface area contributed by atoms with Gasteiger partial charge in [0.05, 0.1) is 5.69 Å². The SMILES string of the molecule is CC(NCC(C(C)C)N(C)C)c1cnccn1. The minimum Gasteiger partial charge on any atom is -0.307 e. The zero-order chi connectivity index (χ0) is 12.8. The van der Waals surface area contributed by atoms with Gasteiger partial charge in [0.25, 0.3) is 0 Å². The Morgan fingerprint density at radius 1 is 1.24 bits per heavy atom. The van der Waals surface area contributed by atoms with Crippen LogP contribution in [-0.2, 0) is 0 Å². The van der Waals surface area contributed by atoms with Crippen molar-refractivity contribution in [3.63, 3.8) is 0 Å². The van der Waals surface area contributed by atoms with Crippen molar-refractivity contribution in [2.75, 3.05) is 20.6 Å². The van der Waals surface area contributed by atoms with Crippen molar-refractivity contribution in [3.8, 4) is 0 Å². The maximum absolute atomic E-state index is 4.31. The molecule has 1 heterocycles. The van der Waals surface area contributed by atoms with E-state index in [0.717, 1.165) is 12.2 Å². The fourth-order valence-corrected chi connectivity index (χ4v) is 1.95. The normalized spacial score (nSPS) is 15.2. The van der Waals surface area contributed by atoms with Gasteiger partial charge in [-0.15, -0.1) is 0 Å². The lowest BCUT2D eigenvalue weighted by Crippen LogP contribution is -2.42. The third-order valence-electron chi connectivity index (χ3n) is 3.09. The Morgan fingerprint density at radius 3 is 2.41 bits per heavy atom. The van der Waals surface area contributed by atoms with Gasteiger partial charge in [-0.3, -0.25) is 9.97 Å². The van der Waals surface area contributed by atoms with E-state index in [9.17, 15) is 0 Å².